The van der Waals surface area contributed by atoms with Crippen molar-refractivity contribution in [2.45, 2.75) is 13.0 Å². The second-order valence-electron chi connectivity index (χ2n) is 3.52. The van der Waals surface area contributed by atoms with Crippen LogP contribution in [0.1, 0.15) is 29.3 Å². The van der Waals surface area contributed by atoms with Crippen LogP contribution in [0.5, 0.6) is 0 Å². The highest BCUT2D eigenvalue weighted by Crippen LogP contribution is 2.07. The lowest BCUT2D eigenvalue weighted by molar-refractivity contribution is 0.0932. The Hall–Kier alpha value is -2.24. The predicted octanol–water partition coefficient (Wildman–Crippen LogP) is 1.43. The van der Waals surface area contributed by atoms with Gasteiger partial charge in [0.2, 0.25) is 5.95 Å². The third kappa shape index (κ3) is 2.66. The fraction of sp³-hybridized carbons (Fsp3) is 0.182. The molecule has 2 heterocycles. The van der Waals surface area contributed by atoms with Crippen molar-refractivity contribution in [2.75, 3.05) is 0 Å². The lowest BCUT2D eigenvalue weighted by atomic mass is 10.3. The minimum atomic E-state index is -0.677. The average molecular weight is 234 g/mol. The van der Waals surface area contributed by atoms with E-state index >= 15 is 0 Å². The maximum atomic E-state index is 12.8. The summed E-state index contributed by atoms with van der Waals surface area (Å²) in [4.78, 5) is 22.1. The summed E-state index contributed by atoms with van der Waals surface area (Å²) in [5.41, 5.74) is 0.0448. The average Bonchev–Trinajstić information content (AvgIpc) is 2.82. The van der Waals surface area contributed by atoms with Crippen LogP contribution in [0.3, 0.4) is 0 Å². The summed E-state index contributed by atoms with van der Waals surface area (Å²) in [6, 6.07) is 3.79. The number of nitrogens with zero attached hydrogens (tertiary/aromatic N) is 2. The lowest BCUT2D eigenvalue weighted by Crippen LogP contribution is -2.28. The van der Waals surface area contributed by atoms with Crippen molar-refractivity contribution in [3.63, 3.8) is 0 Å². The predicted molar refractivity (Wildman–Crippen MR) is 58.7 cm³/mol. The molecule has 1 atom stereocenters. The van der Waals surface area contributed by atoms with E-state index in [9.17, 15) is 9.18 Å². The lowest BCUT2D eigenvalue weighted by Gasteiger charge is -2.10. The molecule has 0 saturated carbocycles. The first-order valence-electron chi connectivity index (χ1n) is 5.09. The topological polar surface area (TPSA) is 70.7 Å². The highest BCUT2D eigenvalue weighted by atomic mass is 19.1. The summed E-state index contributed by atoms with van der Waals surface area (Å²) < 4.78 is 12.8. The molecule has 0 aliphatic rings. The van der Waals surface area contributed by atoms with Gasteiger partial charge in [-0.25, -0.2) is 9.97 Å². The van der Waals surface area contributed by atoms with Crippen molar-refractivity contribution < 1.29 is 9.18 Å². The Kier molecular flexibility index (Phi) is 3.13. The van der Waals surface area contributed by atoms with Crippen LogP contribution < -0.4 is 5.32 Å². The van der Waals surface area contributed by atoms with Crippen molar-refractivity contribution in [2.24, 2.45) is 0 Å². The number of aromatic amines is 1. The van der Waals surface area contributed by atoms with E-state index in [2.05, 4.69) is 20.3 Å². The molecule has 0 spiro atoms. The van der Waals surface area contributed by atoms with E-state index in [1.54, 1.807) is 19.3 Å². The van der Waals surface area contributed by atoms with Crippen LogP contribution in [0.15, 0.2) is 30.6 Å². The van der Waals surface area contributed by atoms with Gasteiger partial charge in [0.05, 0.1) is 6.04 Å². The quantitative estimate of drug-likeness (QED) is 0.789. The van der Waals surface area contributed by atoms with Gasteiger partial charge in [0.15, 0.2) is 0 Å². The van der Waals surface area contributed by atoms with Crippen LogP contribution in [0, 0.1) is 5.95 Å². The van der Waals surface area contributed by atoms with E-state index < -0.39 is 11.9 Å². The van der Waals surface area contributed by atoms with Crippen LogP contribution in [-0.2, 0) is 0 Å². The standard InChI is InChI=1S/C11H11FN4O/c1-7(10-13-5-6-14-10)15-11(17)8-3-2-4-9(12)16-8/h2-7H,1H3,(H,13,14)(H,15,17). The number of H-pyrrole nitrogens is 1. The van der Waals surface area contributed by atoms with Gasteiger partial charge in [0.1, 0.15) is 11.5 Å². The van der Waals surface area contributed by atoms with Gasteiger partial charge in [-0.3, -0.25) is 4.79 Å². The van der Waals surface area contributed by atoms with Gasteiger partial charge in [-0.05, 0) is 19.1 Å². The van der Waals surface area contributed by atoms with Crippen LogP contribution in [0.25, 0.3) is 0 Å². The molecule has 6 heteroatoms. The molecule has 2 aromatic heterocycles. The summed E-state index contributed by atoms with van der Waals surface area (Å²) in [6.45, 7) is 1.77. The number of hydrogen-bond donors (Lipinski definition) is 2. The van der Waals surface area contributed by atoms with Crippen LogP contribution >= 0.6 is 0 Å². The van der Waals surface area contributed by atoms with Crippen molar-refractivity contribution in [3.05, 3.63) is 48.1 Å². The molecule has 2 aromatic rings. The fourth-order valence-corrected chi connectivity index (χ4v) is 1.39. The van der Waals surface area contributed by atoms with Gasteiger partial charge >= 0.3 is 0 Å². The Bertz CT molecular complexity index is 512. The number of hydrogen-bond acceptors (Lipinski definition) is 3. The molecular formula is C11H11FN4O. The summed E-state index contributed by atoms with van der Waals surface area (Å²) in [6.07, 6.45) is 3.26. The van der Waals surface area contributed by atoms with E-state index in [-0.39, 0.29) is 11.7 Å². The number of amides is 1. The molecule has 0 bridgehead atoms. The molecule has 0 aliphatic carbocycles. The minimum absolute atomic E-state index is 0.0448. The van der Waals surface area contributed by atoms with E-state index in [1.165, 1.54) is 18.2 Å². The normalized spacial score (nSPS) is 12.1. The number of nitrogens with one attached hydrogen (secondary N) is 2. The molecule has 1 amide bonds. The highest BCUT2D eigenvalue weighted by Gasteiger charge is 2.14. The smallest absolute Gasteiger partial charge is 0.270 e. The number of halogens is 1. The summed E-state index contributed by atoms with van der Waals surface area (Å²) >= 11 is 0. The first-order valence-corrected chi connectivity index (χ1v) is 5.09. The van der Waals surface area contributed by atoms with Crippen LogP contribution in [-0.4, -0.2) is 20.9 Å². The molecule has 2 rings (SSSR count). The Labute approximate surface area is 97.1 Å². The van der Waals surface area contributed by atoms with Crippen LogP contribution in [0.2, 0.25) is 0 Å². The van der Waals surface area contributed by atoms with Gasteiger partial charge in [-0.15, -0.1) is 0 Å². The highest BCUT2D eigenvalue weighted by molar-refractivity contribution is 5.92. The third-order valence-corrected chi connectivity index (χ3v) is 2.22. The van der Waals surface area contributed by atoms with Crippen molar-refractivity contribution in [1.82, 2.24) is 20.3 Å². The molecule has 0 fully saturated rings. The Morgan fingerprint density at radius 1 is 1.53 bits per heavy atom. The Balaban J connectivity index is 2.07. The molecule has 1 unspecified atom stereocenters. The number of aromatic nitrogens is 3. The SMILES string of the molecule is CC(NC(=O)c1cccc(F)n1)c1ncc[nH]1. The van der Waals surface area contributed by atoms with E-state index in [1.807, 2.05) is 0 Å². The second kappa shape index (κ2) is 4.73. The molecule has 0 radical (unpaired) electrons. The van der Waals surface area contributed by atoms with Crippen molar-refractivity contribution >= 4 is 5.91 Å². The molecule has 0 aromatic carbocycles. The number of rotatable bonds is 3. The van der Waals surface area contributed by atoms with Gasteiger partial charge in [0.25, 0.3) is 5.91 Å². The molecule has 2 N–H and O–H groups in total. The summed E-state index contributed by atoms with van der Waals surface area (Å²) in [7, 11) is 0. The van der Waals surface area contributed by atoms with Gasteiger partial charge in [0, 0.05) is 12.4 Å². The first kappa shape index (κ1) is 11.3. The molecule has 0 aliphatic heterocycles. The Morgan fingerprint density at radius 3 is 3.00 bits per heavy atom. The van der Waals surface area contributed by atoms with E-state index in [0.29, 0.717) is 5.82 Å². The number of carbonyl (C=O) groups excluding carboxylic acids is 1. The third-order valence-electron chi connectivity index (χ3n) is 2.22. The summed E-state index contributed by atoms with van der Waals surface area (Å²) in [5, 5.41) is 2.66. The zero-order chi connectivity index (χ0) is 12.3. The zero-order valence-electron chi connectivity index (χ0n) is 9.14. The van der Waals surface area contributed by atoms with E-state index in [4.69, 9.17) is 0 Å². The van der Waals surface area contributed by atoms with Gasteiger partial charge in [-0.2, -0.15) is 4.39 Å². The van der Waals surface area contributed by atoms with Gasteiger partial charge in [-0.1, -0.05) is 6.07 Å². The molecule has 5 nitrogen and oxygen atoms in total. The zero-order valence-corrected chi connectivity index (χ0v) is 9.14. The first-order chi connectivity index (χ1) is 8.16. The molecular weight excluding hydrogens is 223 g/mol. The largest absolute Gasteiger partial charge is 0.347 e. The van der Waals surface area contributed by atoms with Gasteiger partial charge < -0.3 is 10.3 Å². The number of imidazole rings is 1. The van der Waals surface area contributed by atoms with Crippen molar-refractivity contribution in [3.8, 4) is 0 Å². The summed E-state index contributed by atoms with van der Waals surface area (Å²) in [5.74, 6) is -0.480. The maximum Gasteiger partial charge on any atom is 0.270 e. The molecule has 88 valence electrons. The van der Waals surface area contributed by atoms with Crippen LogP contribution in [0.4, 0.5) is 4.39 Å². The number of carbonyl (C=O) groups is 1. The molecule has 17 heavy (non-hydrogen) atoms. The molecule has 0 saturated heterocycles. The monoisotopic (exact) mass is 234 g/mol. The second-order valence-corrected chi connectivity index (χ2v) is 3.52. The fourth-order valence-electron chi connectivity index (χ4n) is 1.39. The number of pyridine rings is 1. The Morgan fingerprint density at radius 2 is 2.35 bits per heavy atom. The minimum Gasteiger partial charge on any atom is -0.347 e. The van der Waals surface area contributed by atoms with Crippen molar-refractivity contribution in [1.29, 1.82) is 0 Å². The van der Waals surface area contributed by atoms with E-state index in [0.717, 1.165) is 0 Å². The maximum absolute atomic E-state index is 12.8.